The number of aromatic nitrogens is 2. The second-order valence-corrected chi connectivity index (χ2v) is 4.83. The third-order valence-electron chi connectivity index (χ3n) is 3.94. The number of likely N-dealkylation sites (N-methyl/N-ethyl adjacent to an activating group) is 1. The van der Waals surface area contributed by atoms with Crippen molar-refractivity contribution in [1.82, 2.24) is 19.8 Å². The van der Waals surface area contributed by atoms with Crippen molar-refractivity contribution in [1.29, 1.82) is 0 Å². The van der Waals surface area contributed by atoms with E-state index < -0.39 is 0 Å². The molecule has 0 radical (unpaired) electrons. The van der Waals surface area contributed by atoms with E-state index in [1.54, 1.807) is 0 Å². The van der Waals surface area contributed by atoms with Gasteiger partial charge >= 0.3 is 0 Å². The number of hydrogen-bond donors (Lipinski definition) is 1. The lowest BCUT2D eigenvalue weighted by atomic mass is 10.0. The number of fused-ring (bicyclic) bond motifs is 1. The Bertz CT molecular complexity index is 378. The lowest BCUT2D eigenvalue weighted by Crippen LogP contribution is -2.56. The number of hydrogen-bond acceptors (Lipinski definition) is 4. The van der Waals surface area contributed by atoms with Crippen LogP contribution in [0.2, 0.25) is 0 Å². The second-order valence-electron chi connectivity index (χ2n) is 4.83. The van der Waals surface area contributed by atoms with Crippen molar-refractivity contribution < 1.29 is 4.74 Å². The van der Waals surface area contributed by atoms with E-state index in [0.29, 0.717) is 12.1 Å². The van der Waals surface area contributed by atoms with Gasteiger partial charge in [-0.25, -0.2) is 4.98 Å². The van der Waals surface area contributed by atoms with Gasteiger partial charge in [-0.05, 0) is 13.5 Å². The van der Waals surface area contributed by atoms with Gasteiger partial charge in [0, 0.05) is 44.2 Å². The molecule has 3 rings (SSSR count). The zero-order valence-electron chi connectivity index (χ0n) is 10.3. The molecule has 0 saturated carbocycles. The zero-order chi connectivity index (χ0) is 11.7. The van der Waals surface area contributed by atoms with Gasteiger partial charge in [-0.3, -0.25) is 4.90 Å². The molecule has 94 valence electrons. The number of nitrogens with zero attached hydrogens (tertiary/aromatic N) is 3. The van der Waals surface area contributed by atoms with E-state index in [0.717, 1.165) is 39.3 Å². The largest absolute Gasteiger partial charge is 0.380 e. The molecule has 1 aromatic rings. The minimum Gasteiger partial charge on any atom is -0.380 e. The quantitative estimate of drug-likeness (QED) is 0.789. The van der Waals surface area contributed by atoms with Gasteiger partial charge in [0.15, 0.2) is 0 Å². The summed E-state index contributed by atoms with van der Waals surface area (Å²) in [6.45, 7) is 4.80. The van der Waals surface area contributed by atoms with E-state index >= 15 is 0 Å². The molecule has 3 heterocycles. The van der Waals surface area contributed by atoms with Crippen molar-refractivity contribution in [3.63, 3.8) is 0 Å². The van der Waals surface area contributed by atoms with Gasteiger partial charge in [0.25, 0.3) is 0 Å². The normalized spacial score (nSPS) is 30.2. The zero-order valence-corrected chi connectivity index (χ0v) is 10.3. The first-order valence-corrected chi connectivity index (χ1v) is 6.37. The summed E-state index contributed by atoms with van der Waals surface area (Å²) in [6.07, 6.45) is 5.07. The molecule has 2 aliphatic heterocycles. The maximum Gasteiger partial charge on any atom is 0.122 e. The second kappa shape index (κ2) is 4.76. The first kappa shape index (κ1) is 11.2. The van der Waals surface area contributed by atoms with Crippen molar-refractivity contribution in [2.75, 3.05) is 26.8 Å². The van der Waals surface area contributed by atoms with Crippen molar-refractivity contribution in [3.05, 3.63) is 18.2 Å². The summed E-state index contributed by atoms with van der Waals surface area (Å²) in [4.78, 5) is 6.92. The topological polar surface area (TPSA) is 42.3 Å². The standard InChI is InChI=1S/C12H20N4O/c1-13-10-2-7-17-9-11(10)16-6-5-15-4-3-14-12(15)8-16/h3-4,10-11,13H,2,5-9H2,1H3. The van der Waals surface area contributed by atoms with Gasteiger partial charge in [0.05, 0.1) is 13.2 Å². The fourth-order valence-corrected chi connectivity index (χ4v) is 2.89. The predicted octanol–water partition coefficient (Wildman–Crippen LogP) is 0.0756. The summed E-state index contributed by atoms with van der Waals surface area (Å²) in [7, 11) is 2.05. The van der Waals surface area contributed by atoms with Crippen LogP contribution in [0, 0.1) is 0 Å². The monoisotopic (exact) mass is 236 g/mol. The first-order valence-electron chi connectivity index (χ1n) is 6.37. The van der Waals surface area contributed by atoms with Crippen molar-refractivity contribution in [2.45, 2.75) is 31.6 Å². The van der Waals surface area contributed by atoms with Gasteiger partial charge in [-0.1, -0.05) is 0 Å². The van der Waals surface area contributed by atoms with E-state index in [4.69, 9.17) is 4.74 Å². The molecule has 5 heteroatoms. The van der Waals surface area contributed by atoms with Crippen LogP contribution in [-0.4, -0.2) is 53.3 Å². The van der Waals surface area contributed by atoms with E-state index in [1.165, 1.54) is 5.82 Å². The van der Waals surface area contributed by atoms with Crippen LogP contribution in [0.3, 0.4) is 0 Å². The summed E-state index contributed by atoms with van der Waals surface area (Å²) in [5.41, 5.74) is 0. The Morgan fingerprint density at radius 3 is 3.29 bits per heavy atom. The SMILES string of the molecule is CNC1CCOCC1N1CCn2ccnc2C1. The van der Waals surface area contributed by atoms with Crippen LogP contribution in [0.15, 0.2) is 12.4 Å². The third-order valence-corrected chi connectivity index (χ3v) is 3.94. The van der Waals surface area contributed by atoms with Gasteiger partial charge in [-0.15, -0.1) is 0 Å². The molecule has 0 aromatic carbocycles. The smallest absolute Gasteiger partial charge is 0.122 e. The molecular formula is C12H20N4O. The highest BCUT2D eigenvalue weighted by Gasteiger charge is 2.32. The Labute approximate surface area is 102 Å². The summed E-state index contributed by atoms with van der Waals surface area (Å²) in [5.74, 6) is 1.18. The Hall–Kier alpha value is -0.910. The van der Waals surface area contributed by atoms with Crippen LogP contribution in [0.1, 0.15) is 12.2 Å². The van der Waals surface area contributed by atoms with Crippen LogP contribution >= 0.6 is 0 Å². The minimum atomic E-state index is 0.485. The third kappa shape index (κ3) is 2.10. The summed E-state index contributed by atoms with van der Waals surface area (Å²) >= 11 is 0. The van der Waals surface area contributed by atoms with Gasteiger partial charge in [-0.2, -0.15) is 0 Å². The highest BCUT2D eigenvalue weighted by Crippen LogP contribution is 2.19. The fourth-order valence-electron chi connectivity index (χ4n) is 2.89. The highest BCUT2D eigenvalue weighted by atomic mass is 16.5. The van der Waals surface area contributed by atoms with Gasteiger partial charge in [0.1, 0.15) is 5.82 Å². The Balaban J connectivity index is 1.72. The number of imidazole rings is 1. The molecule has 1 N–H and O–H groups in total. The molecule has 0 aliphatic carbocycles. The van der Waals surface area contributed by atoms with E-state index in [1.807, 2.05) is 13.2 Å². The van der Waals surface area contributed by atoms with Crippen LogP contribution < -0.4 is 5.32 Å². The molecular weight excluding hydrogens is 216 g/mol. The van der Waals surface area contributed by atoms with Crippen LogP contribution in [0.25, 0.3) is 0 Å². The molecule has 1 saturated heterocycles. The average Bonchev–Trinajstić information content (AvgIpc) is 2.85. The summed E-state index contributed by atoms with van der Waals surface area (Å²) in [5, 5.41) is 3.42. The molecule has 0 spiro atoms. The Kier molecular flexibility index (Phi) is 3.13. The van der Waals surface area contributed by atoms with Crippen LogP contribution in [0.5, 0.6) is 0 Å². The van der Waals surface area contributed by atoms with Crippen molar-refractivity contribution in [3.8, 4) is 0 Å². The maximum absolute atomic E-state index is 5.63. The molecule has 2 atom stereocenters. The molecule has 5 nitrogen and oxygen atoms in total. The molecule has 2 unspecified atom stereocenters. The van der Waals surface area contributed by atoms with E-state index in [-0.39, 0.29) is 0 Å². The van der Waals surface area contributed by atoms with Crippen molar-refractivity contribution in [2.24, 2.45) is 0 Å². The van der Waals surface area contributed by atoms with Crippen LogP contribution in [0.4, 0.5) is 0 Å². The fraction of sp³-hybridized carbons (Fsp3) is 0.750. The van der Waals surface area contributed by atoms with E-state index in [2.05, 4.69) is 26.0 Å². The van der Waals surface area contributed by atoms with E-state index in [9.17, 15) is 0 Å². The highest BCUT2D eigenvalue weighted by molar-refractivity contribution is 4.98. The molecule has 1 fully saturated rings. The summed E-state index contributed by atoms with van der Waals surface area (Å²) in [6, 6.07) is 1.03. The maximum atomic E-state index is 5.63. The molecule has 0 amide bonds. The minimum absolute atomic E-state index is 0.485. The van der Waals surface area contributed by atoms with Crippen LogP contribution in [-0.2, 0) is 17.8 Å². The van der Waals surface area contributed by atoms with Crippen molar-refractivity contribution >= 4 is 0 Å². The number of ether oxygens (including phenoxy) is 1. The van der Waals surface area contributed by atoms with Gasteiger partial charge < -0.3 is 14.6 Å². The molecule has 1 aromatic heterocycles. The molecule has 0 bridgehead atoms. The Morgan fingerprint density at radius 1 is 1.47 bits per heavy atom. The lowest BCUT2D eigenvalue weighted by molar-refractivity contribution is -0.0116. The molecule has 2 aliphatic rings. The predicted molar refractivity (Wildman–Crippen MR) is 64.7 cm³/mol. The average molecular weight is 236 g/mol. The number of nitrogens with one attached hydrogen (secondary N) is 1. The lowest BCUT2D eigenvalue weighted by Gasteiger charge is -2.41. The summed E-state index contributed by atoms with van der Waals surface area (Å²) < 4.78 is 7.87. The first-order chi connectivity index (χ1) is 8.38. The molecule has 17 heavy (non-hydrogen) atoms. The Morgan fingerprint density at radius 2 is 2.41 bits per heavy atom. The number of rotatable bonds is 2. The van der Waals surface area contributed by atoms with Gasteiger partial charge in [0.2, 0.25) is 0 Å².